The molecule has 3 rings (SSSR count). The standard InChI is InChI=1S/C19H17F3N4O2/c1-11-10-16(27)25-26-17(11)12-2-6-14(7-3-12)23-18(28)24-15-8-4-13(5-9-15)19(20,21)22/h2-9,11H,10H2,1H3,(H,25,27)(H2,23,24,28). The molecule has 1 heterocycles. The molecule has 6 nitrogen and oxygen atoms in total. The van der Waals surface area contributed by atoms with E-state index in [-0.39, 0.29) is 17.5 Å². The molecule has 3 N–H and O–H groups in total. The highest BCUT2D eigenvalue weighted by Gasteiger charge is 2.30. The van der Waals surface area contributed by atoms with Crippen LogP contribution in [0.25, 0.3) is 0 Å². The summed E-state index contributed by atoms with van der Waals surface area (Å²) in [6.07, 6.45) is -4.07. The summed E-state index contributed by atoms with van der Waals surface area (Å²) in [5.74, 6) is -0.148. The van der Waals surface area contributed by atoms with Crippen molar-refractivity contribution in [2.45, 2.75) is 19.5 Å². The monoisotopic (exact) mass is 390 g/mol. The first-order valence-corrected chi connectivity index (χ1v) is 8.44. The van der Waals surface area contributed by atoms with Crippen molar-refractivity contribution in [2.24, 2.45) is 11.0 Å². The molecule has 0 fully saturated rings. The number of nitrogens with one attached hydrogen (secondary N) is 3. The summed E-state index contributed by atoms with van der Waals surface area (Å²) in [7, 11) is 0. The topological polar surface area (TPSA) is 82.6 Å². The van der Waals surface area contributed by atoms with Crippen molar-refractivity contribution in [1.29, 1.82) is 0 Å². The number of hydrogen-bond donors (Lipinski definition) is 3. The molecule has 146 valence electrons. The molecule has 0 aliphatic carbocycles. The minimum Gasteiger partial charge on any atom is -0.308 e. The number of amides is 3. The van der Waals surface area contributed by atoms with Crippen LogP contribution in [0, 0.1) is 5.92 Å². The molecule has 3 amide bonds. The van der Waals surface area contributed by atoms with Crippen molar-refractivity contribution in [3.8, 4) is 0 Å². The number of carbonyl (C=O) groups excluding carboxylic acids is 2. The third-order valence-corrected chi connectivity index (χ3v) is 4.17. The smallest absolute Gasteiger partial charge is 0.308 e. The van der Waals surface area contributed by atoms with Crippen molar-refractivity contribution in [3.63, 3.8) is 0 Å². The molecule has 2 aromatic carbocycles. The Balaban J connectivity index is 1.61. The van der Waals surface area contributed by atoms with Gasteiger partial charge in [0.25, 0.3) is 0 Å². The average molecular weight is 390 g/mol. The largest absolute Gasteiger partial charge is 0.416 e. The van der Waals surface area contributed by atoms with Gasteiger partial charge in [0, 0.05) is 23.7 Å². The second-order valence-corrected chi connectivity index (χ2v) is 6.37. The van der Waals surface area contributed by atoms with Crippen LogP contribution in [0.4, 0.5) is 29.3 Å². The summed E-state index contributed by atoms with van der Waals surface area (Å²) in [6, 6.07) is 10.5. The van der Waals surface area contributed by atoms with Gasteiger partial charge in [0.1, 0.15) is 0 Å². The van der Waals surface area contributed by atoms with E-state index >= 15 is 0 Å². The minimum atomic E-state index is -4.43. The molecule has 0 radical (unpaired) electrons. The van der Waals surface area contributed by atoms with Crippen molar-refractivity contribution in [1.82, 2.24) is 5.43 Å². The van der Waals surface area contributed by atoms with Gasteiger partial charge in [-0.25, -0.2) is 10.2 Å². The summed E-state index contributed by atoms with van der Waals surface area (Å²) in [6.45, 7) is 1.90. The number of nitrogens with zero attached hydrogens (tertiary/aromatic N) is 1. The van der Waals surface area contributed by atoms with Crippen LogP contribution in [0.3, 0.4) is 0 Å². The Morgan fingerprint density at radius 1 is 1.04 bits per heavy atom. The number of carbonyl (C=O) groups is 2. The fourth-order valence-corrected chi connectivity index (χ4v) is 2.76. The summed E-state index contributed by atoms with van der Waals surface area (Å²) in [5, 5.41) is 9.14. The molecule has 1 unspecified atom stereocenters. The number of halogens is 3. The van der Waals surface area contributed by atoms with Crippen LogP contribution in [0.1, 0.15) is 24.5 Å². The Kier molecular flexibility index (Phi) is 5.34. The number of hydrogen-bond acceptors (Lipinski definition) is 3. The van der Waals surface area contributed by atoms with Crippen LogP contribution in [-0.2, 0) is 11.0 Å². The molecule has 0 saturated carbocycles. The Bertz CT molecular complexity index is 906. The van der Waals surface area contributed by atoms with Crippen LogP contribution < -0.4 is 16.1 Å². The van der Waals surface area contributed by atoms with Gasteiger partial charge in [0.15, 0.2) is 0 Å². The van der Waals surface area contributed by atoms with E-state index in [0.717, 1.165) is 23.4 Å². The van der Waals surface area contributed by atoms with Gasteiger partial charge in [0.2, 0.25) is 5.91 Å². The van der Waals surface area contributed by atoms with Crippen LogP contribution >= 0.6 is 0 Å². The van der Waals surface area contributed by atoms with E-state index in [0.29, 0.717) is 12.1 Å². The lowest BCUT2D eigenvalue weighted by Gasteiger charge is -2.19. The summed E-state index contributed by atoms with van der Waals surface area (Å²) in [5.41, 5.74) is 3.97. The molecule has 0 bridgehead atoms. The molecule has 0 aromatic heterocycles. The molecule has 1 aliphatic heterocycles. The fourth-order valence-electron chi connectivity index (χ4n) is 2.76. The molecule has 0 saturated heterocycles. The lowest BCUT2D eigenvalue weighted by atomic mass is 9.94. The number of urea groups is 1. The second-order valence-electron chi connectivity index (χ2n) is 6.37. The second kappa shape index (κ2) is 7.71. The van der Waals surface area contributed by atoms with Crippen LogP contribution in [0.2, 0.25) is 0 Å². The van der Waals surface area contributed by atoms with Gasteiger partial charge in [0.05, 0.1) is 11.3 Å². The van der Waals surface area contributed by atoms with Gasteiger partial charge in [-0.3, -0.25) is 4.79 Å². The third kappa shape index (κ3) is 4.67. The fraction of sp³-hybridized carbons (Fsp3) is 0.211. The molecular weight excluding hydrogens is 373 g/mol. The number of benzene rings is 2. The number of alkyl halides is 3. The first-order chi connectivity index (χ1) is 13.2. The minimum absolute atomic E-state index is 0.0180. The van der Waals surface area contributed by atoms with Crippen molar-refractivity contribution in [2.75, 3.05) is 10.6 Å². The third-order valence-electron chi connectivity index (χ3n) is 4.17. The van der Waals surface area contributed by atoms with Gasteiger partial charge in [-0.2, -0.15) is 18.3 Å². The van der Waals surface area contributed by atoms with E-state index in [4.69, 9.17) is 0 Å². The van der Waals surface area contributed by atoms with E-state index in [1.807, 2.05) is 6.92 Å². The summed E-state index contributed by atoms with van der Waals surface area (Å²) >= 11 is 0. The van der Waals surface area contributed by atoms with Gasteiger partial charge in [-0.1, -0.05) is 19.1 Å². The van der Waals surface area contributed by atoms with Crippen molar-refractivity contribution < 1.29 is 22.8 Å². The molecular formula is C19H17F3N4O2. The highest BCUT2D eigenvalue weighted by atomic mass is 19.4. The Hall–Kier alpha value is -3.36. The number of anilines is 2. The van der Waals surface area contributed by atoms with Crippen molar-refractivity contribution >= 4 is 29.0 Å². The maximum atomic E-state index is 12.6. The van der Waals surface area contributed by atoms with Crippen LogP contribution in [0.15, 0.2) is 53.6 Å². The lowest BCUT2D eigenvalue weighted by molar-refractivity contribution is -0.137. The van der Waals surface area contributed by atoms with E-state index in [2.05, 4.69) is 21.2 Å². The van der Waals surface area contributed by atoms with Gasteiger partial charge >= 0.3 is 12.2 Å². The number of rotatable bonds is 3. The molecule has 2 aromatic rings. The lowest BCUT2D eigenvalue weighted by Crippen LogP contribution is -2.31. The van der Waals surface area contributed by atoms with Gasteiger partial charge in [-0.15, -0.1) is 0 Å². The highest BCUT2D eigenvalue weighted by molar-refractivity contribution is 6.06. The van der Waals surface area contributed by atoms with Crippen molar-refractivity contribution in [3.05, 3.63) is 59.7 Å². The molecule has 1 atom stereocenters. The van der Waals surface area contributed by atoms with E-state index in [1.54, 1.807) is 24.3 Å². The highest BCUT2D eigenvalue weighted by Crippen LogP contribution is 2.29. The predicted octanol–water partition coefficient (Wildman–Crippen LogP) is 4.21. The zero-order chi connectivity index (χ0) is 20.3. The summed E-state index contributed by atoms with van der Waals surface area (Å²) < 4.78 is 37.7. The van der Waals surface area contributed by atoms with Crippen LogP contribution in [0.5, 0.6) is 0 Å². The normalized spacial score (nSPS) is 16.8. The average Bonchev–Trinajstić information content (AvgIpc) is 2.62. The predicted molar refractivity (Wildman–Crippen MR) is 99.0 cm³/mol. The molecule has 0 spiro atoms. The first kappa shape index (κ1) is 19.4. The van der Waals surface area contributed by atoms with E-state index < -0.39 is 17.8 Å². The first-order valence-electron chi connectivity index (χ1n) is 8.44. The molecule has 9 heteroatoms. The van der Waals surface area contributed by atoms with E-state index in [1.165, 1.54) is 12.1 Å². The van der Waals surface area contributed by atoms with E-state index in [9.17, 15) is 22.8 Å². The SMILES string of the molecule is CC1CC(=O)NN=C1c1ccc(NC(=O)Nc2ccc(C(F)(F)F)cc2)cc1. The van der Waals surface area contributed by atoms with Gasteiger partial charge < -0.3 is 10.6 Å². The Labute approximate surface area is 158 Å². The summed E-state index contributed by atoms with van der Waals surface area (Å²) in [4.78, 5) is 23.3. The van der Waals surface area contributed by atoms with Crippen LogP contribution in [-0.4, -0.2) is 17.6 Å². The molecule has 28 heavy (non-hydrogen) atoms. The molecule has 1 aliphatic rings. The Morgan fingerprint density at radius 3 is 2.07 bits per heavy atom. The zero-order valence-corrected chi connectivity index (χ0v) is 14.8. The quantitative estimate of drug-likeness (QED) is 0.734. The maximum Gasteiger partial charge on any atom is 0.416 e. The van der Waals surface area contributed by atoms with Gasteiger partial charge in [-0.05, 0) is 42.0 Å². The number of hydrazone groups is 1. The maximum absolute atomic E-state index is 12.6. The Morgan fingerprint density at radius 2 is 1.57 bits per heavy atom. The zero-order valence-electron chi connectivity index (χ0n) is 14.8.